The molecule has 0 aromatic rings. The maximum atomic E-state index is 10.6. The molecular weight excluding hydrogens is 166 g/mol. The fourth-order valence-corrected chi connectivity index (χ4v) is 1.71. The van der Waals surface area contributed by atoms with Crippen LogP contribution in [0.1, 0.15) is 33.1 Å². The maximum Gasteiger partial charge on any atom is 0.303 e. The zero-order valence-electron chi connectivity index (χ0n) is 8.58. The molecule has 1 saturated heterocycles. The number of likely N-dealkylation sites (tertiary alicyclic amines) is 1. The van der Waals surface area contributed by atoms with Crippen molar-refractivity contribution in [2.45, 2.75) is 33.1 Å². The van der Waals surface area contributed by atoms with Crippen molar-refractivity contribution in [2.24, 2.45) is 5.92 Å². The standard InChI is InChI=1S/C10H19NO2/c1-3-10-4-6-11(7-5-10)8-13-9(2)12/h10H,3-8H2,1-2H3. The molecule has 1 aliphatic heterocycles. The van der Waals surface area contributed by atoms with E-state index in [9.17, 15) is 4.79 Å². The Balaban J connectivity index is 2.14. The van der Waals surface area contributed by atoms with Gasteiger partial charge in [0, 0.05) is 20.0 Å². The molecule has 0 aliphatic carbocycles. The van der Waals surface area contributed by atoms with Crippen LogP contribution in [-0.2, 0) is 9.53 Å². The average Bonchev–Trinajstić information content (AvgIpc) is 2.15. The number of carbonyl (C=O) groups is 1. The summed E-state index contributed by atoms with van der Waals surface area (Å²) >= 11 is 0. The molecule has 0 aromatic carbocycles. The molecule has 13 heavy (non-hydrogen) atoms. The predicted octanol–water partition coefficient (Wildman–Crippen LogP) is 1.63. The molecule has 76 valence electrons. The topological polar surface area (TPSA) is 29.5 Å². The Kier molecular flexibility index (Phi) is 4.22. The van der Waals surface area contributed by atoms with Gasteiger partial charge in [-0.25, -0.2) is 0 Å². The predicted molar refractivity (Wildman–Crippen MR) is 51.2 cm³/mol. The van der Waals surface area contributed by atoms with E-state index in [1.807, 2.05) is 0 Å². The number of ether oxygens (including phenoxy) is 1. The molecule has 0 saturated carbocycles. The van der Waals surface area contributed by atoms with E-state index in [0.29, 0.717) is 6.73 Å². The molecule has 3 nitrogen and oxygen atoms in total. The summed E-state index contributed by atoms with van der Waals surface area (Å²) in [6, 6.07) is 0. The van der Waals surface area contributed by atoms with Crippen LogP contribution < -0.4 is 0 Å². The zero-order valence-corrected chi connectivity index (χ0v) is 8.58. The lowest BCUT2D eigenvalue weighted by Crippen LogP contribution is -2.35. The second kappa shape index (κ2) is 5.22. The van der Waals surface area contributed by atoms with Crippen molar-refractivity contribution in [2.75, 3.05) is 19.8 Å². The van der Waals surface area contributed by atoms with Crippen LogP contribution >= 0.6 is 0 Å². The minimum Gasteiger partial charge on any atom is -0.450 e. The van der Waals surface area contributed by atoms with Gasteiger partial charge in [0.15, 0.2) is 0 Å². The van der Waals surface area contributed by atoms with Crippen LogP contribution in [0.4, 0.5) is 0 Å². The van der Waals surface area contributed by atoms with Gasteiger partial charge < -0.3 is 4.74 Å². The summed E-state index contributed by atoms with van der Waals surface area (Å²) in [4.78, 5) is 12.8. The van der Waals surface area contributed by atoms with Gasteiger partial charge in [0.05, 0.1) is 0 Å². The Hall–Kier alpha value is -0.570. The number of piperidine rings is 1. The van der Waals surface area contributed by atoms with E-state index >= 15 is 0 Å². The molecule has 3 heteroatoms. The Bertz CT molecular complexity index is 162. The van der Waals surface area contributed by atoms with Gasteiger partial charge in [-0.1, -0.05) is 13.3 Å². The minimum absolute atomic E-state index is 0.183. The number of nitrogens with zero attached hydrogens (tertiary/aromatic N) is 1. The Morgan fingerprint density at radius 1 is 1.46 bits per heavy atom. The van der Waals surface area contributed by atoms with Crippen molar-refractivity contribution in [3.8, 4) is 0 Å². The quantitative estimate of drug-likeness (QED) is 0.626. The minimum atomic E-state index is -0.183. The van der Waals surface area contributed by atoms with Gasteiger partial charge in [-0.05, 0) is 18.8 Å². The Labute approximate surface area is 80.1 Å². The van der Waals surface area contributed by atoms with Gasteiger partial charge in [0.25, 0.3) is 0 Å². The lowest BCUT2D eigenvalue weighted by Gasteiger charge is -2.30. The average molecular weight is 185 g/mol. The normalized spacial score (nSPS) is 20.2. The van der Waals surface area contributed by atoms with Gasteiger partial charge in [0.1, 0.15) is 6.73 Å². The molecule has 1 heterocycles. The van der Waals surface area contributed by atoms with Gasteiger partial charge in [-0.15, -0.1) is 0 Å². The van der Waals surface area contributed by atoms with Gasteiger partial charge in [-0.3, -0.25) is 9.69 Å². The van der Waals surface area contributed by atoms with Crippen LogP contribution in [0.2, 0.25) is 0 Å². The number of rotatable bonds is 3. The molecular formula is C10H19NO2. The van der Waals surface area contributed by atoms with E-state index < -0.39 is 0 Å². The van der Waals surface area contributed by atoms with Gasteiger partial charge in [0.2, 0.25) is 0 Å². The molecule has 0 bridgehead atoms. The van der Waals surface area contributed by atoms with E-state index in [4.69, 9.17) is 4.74 Å². The second-order valence-electron chi connectivity index (χ2n) is 3.73. The van der Waals surface area contributed by atoms with Crippen LogP contribution in [0.3, 0.4) is 0 Å². The highest BCUT2D eigenvalue weighted by atomic mass is 16.5. The van der Waals surface area contributed by atoms with Crippen LogP contribution in [0.15, 0.2) is 0 Å². The first-order valence-corrected chi connectivity index (χ1v) is 5.08. The van der Waals surface area contributed by atoms with E-state index in [1.54, 1.807) is 0 Å². The smallest absolute Gasteiger partial charge is 0.303 e. The molecule has 0 amide bonds. The second-order valence-corrected chi connectivity index (χ2v) is 3.73. The van der Waals surface area contributed by atoms with Gasteiger partial charge >= 0.3 is 5.97 Å². The fraction of sp³-hybridized carbons (Fsp3) is 0.900. The van der Waals surface area contributed by atoms with E-state index in [-0.39, 0.29) is 5.97 Å². The van der Waals surface area contributed by atoms with Crippen molar-refractivity contribution >= 4 is 5.97 Å². The first-order valence-electron chi connectivity index (χ1n) is 5.08. The van der Waals surface area contributed by atoms with Crippen molar-refractivity contribution < 1.29 is 9.53 Å². The molecule has 1 fully saturated rings. The summed E-state index contributed by atoms with van der Waals surface area (Å²) in [6.07, 6.45) is 3.77. The van der Waals surface area contributed by atoms with E-state index in [0.717, 1.165) is 19.0 Å². The highest BCUT2D eigenvalue weighted by Crippen LogP contribution is 2.19. The first-order chi connectivity index (χ1) is 6.22. The third-order valence-corrected chi connectivity index (χ3v) is 2.73. The van der Waals surface area contributed by atoms with Crippen LogP contribution in [0.25, 0.3) is 0 Å². The molecule has 0 radical (unpaired) electrons. The molecule has 0 atom stereocenters. The van der Waals surface area contributed by atoms with Gasteiger partial charge in [-0.2, -0.15) is 0 Å². The lowest BCUT2D eigenvalue weighted by molar-refractivity contribution is -0.146. The van der Waals surface area contributed by atoms with E-state index in [1.165, 1.54) is 26.2 Å². The van der Waals surface area contributed by atoms with Crippen molar-refractivity contribution in [1.29, 1.82) is 0 Å². The largest absolute Gasteiger partial charge is 0.450 e. The summed E-state index contributed by atoms with van der Waals surface area (Å²) < 4.78 is 4.94. The summed E-state index contributed by atoms with van der Waals surface area (Å²) in [5, 5.41) is 0. The Morgan fingerprint density at radius 2 is 2.08 bits per heavy atom. The van der Waals surface area contributed by atoms with Crippen molar-refractivity contribution in [3.63, 3.8) is 0 Å². The highest BCUT2D eigenvalue weighted by Gasteiger charge is 2.17. The number of carbonyl (C=O) groups excluding carboxylic acids is 1. The third kappa shape index (κ3) is 3.77. The number of esters is 1. The molecule has 1 aliphatic rings. The SMILES string of the molecule is CCC1CCN(COC(C)=O)CC1. The van der Waals surface area contributed by atoms with Crippen LogP contribution in [0, 0.1) is 5.92 Å². The Morgan fingerprint density at radius 3 is 2.54 bits per heavy atom. The zero-order chi connectivity index (χ0) is 9.68. The van der Waals surface area contributed by atoms with Crippen molar-refractivity contribution in [1.82, 2.24) is 4.90 Å². The monoisotopic (exact) mass is 185 g/mol. The third-order valence-electron chi connectivity index (χ3n) is 2.73. The maximum absolute atomic E-state index is 10.6. The highest BCUT2D eigenvalue weighted by molar-refractivity contribution is 5.65. The number of hydrogen-bond donors (Lipinski definition) is 0. The summed E-state index contributed by atoms with van der Waals surface area (Å²) in [5.74, 6) is 0.700. The van der Waals surface area contributed by atoms with E-state index in [2.05, 4.69) is 11.8 Å². The molecule has 1 rings (SSSR count). The van der Waals surface area contributed by atoms with Crippen LogP contribution in [-0.4, -0.2) is 30.7 Å². The summed E-state index contributed by atoms with van der Waals surface area (Å²) in [7, 11) is 0. The number of hydrogen-bond acceptors (Lipinski definition) is 3. The molecule has 0 aromatic heterocycles. The first kappa shape index (κ1) is 10.5. The fourth-order valence-electron chi connectivity index (χ4n) is 1.71. The summed E-state index contributed by atoms with van der Waals surface area (Å²) in [5.41, 5.74) is 0. The van der Waals surface area contributed by atoms with Crippen molar-refractivity contribution in [3.05, 3.63) is 0 Å². The lowest BCUT2D eigenvalue weighted by atomic mass is 9.95. The van der Waals surface area contributed by atoms with Crippen LogP contribution in [0.5, 0.6) is 0 Å². The summed E-state index contributed by atoms with van der Waals surface area (Å²) in [6.45, 7) is 6.33. The molecule has 0 unspecified atom stereocenters. The molecule has 0 spiro atoms. The molecule has 0 N–H and O–H groups in total.